The zero-order chi connectivity index (χ0) is 30.1. The number of piperazine rings is 1. The lowest BCUT2D eigenvalue weighted by atomic mass is 9.93. The minimum atomic E-state index is -1.02. The van der Waals surface area contributed by atoms with Gasteiger partial charge in [0.25, 0.3) is 0 Å². The number of fused-ring (bicyclic) bond motifs is 3. The van der Waals surface area contributed by atoms with Crippen molar-refractivity contribution < 1.29 is 23.9 Å². The van der Waals surface area contributed by atoms with Gasteiger partial charge in [0, 0.05) is 45.7 Å². The van der Waals surface area contributed by atoms with E-state index in [2.05, 4.69) is 17.7 Å². The molecule has 1 aromatic heterocycles. The van der Waals surface area contributed by atoms with E-state index in [9.17, 15) is 19.2 Å². The van der Waals surface area contributed by atoms with Gasteiger partial charge >= 0.3 is 6.03 Å². The number of nitrogens with one attached hydrogen (secondary N) is 1. The molecule has 12 heteroatoms. The van der Waals surface area contributed by atoms with E-state index >= 15 is 0 Å². The van der Waals surface area contributed by atoms with Gasteiger partial charge in [0.05, 0.1) is 22.7 Å². The van der Waals surface area contributed by atoms with Crippen LogP contribution in [0.1, 0.15) is 38.5 Å². The summed E-state index contributed by atoms with van der Waals surface area (Å²) < 4.78 is 6.52. The maximum absolute atomic E-state index is 13.7. The zero-order valence-electron chi connectivity index (χ0n) is 24.4. The summed E-state index contributed by atoms with van der Waals surface area (Å²) in [6, 6.07) is 7.11. The number of anilines is 1. The van der Waals surface area contributed by atoms with Crippen LogP contribution in [0.5, 0.6) is 5.88 Å². The van der Waals surface area contributed by atoms with Crippen molar-refractivity contribution in [2.24, 2.45) is 23.5 Å². The van der Waals surface area contributed by atoms with E-state index in [0.29, 0.717) is 69.3 Å². The van der Waals surface area contributed by atoms with Gasteiger partial charge in [0.2, 0.25) is 29.9 Å². The lowest BCUT2D eigenvalue weighted by Crippen LogP contribution is -2.51. The Labute approximate surface area is 250 Å². The van der Waals surface area contributed by atoms with Crippen LogP contribution in [0.25, 0.3) is 10.9 Å². The molecule has 5 atom stereocenters. The highest BCUT2D eigenvalue weighted by atomic mass is 16.5. The molecule has 1 radical (unpaired) electrons. The van der Waals surface area contributed by atoms with Crippen molar-refractivity contribution >= 4 is 41.0 Å². The van der Waals surface area contributed by atoms with Crippen LogP contribution in [0.4, 0.5) is 10.7 Å². The molecule has 43 heavy (non-hydrogen) atoms. The van der Waals surface area contributed by atoms with E-state index in [0.717, 1.165) is 24.6 Å². The van der Waals surface area contributed by atoms with Crippen molar-refractivity contribution in [2.45, 2.75) is 50.2 Å². The van der Waals surface area contributed by atoms with Gasteiger partial charge in [-0.05, 0) is 50.7 Å². The van der Waals surface area contributed by atoms with E-state index < -0.39 is 29.5 Å². The summed E-state index contributed by atoms with van der Waals surface area (Å²) in [6.07, 6.45) is 9.54. The summed E-state index contributed by atoms with van der Waals surface area (Å²) >= 11 is 0. The highest BCUT2D eigenvalue weighted by Crippen LogP contribution is 2.45. The Hall–Kier alpha value is -4.22. The molecule has 3 fully saturated rings. The molecule has 2 aliphatic heterocycles. The van der Waals surface area contributed by atoms with Crippen molar-refractivity contribution in [1.82, 2.24) is 25.1 Å². The van der Waals surface area contributed by atoms with Gasteiger partial charge in [-0.15, -0.1) is 0 Å². The third kappa shape index (κ3) is 5.87. The Bertz CT molecular complexity index is 1440. The first-order valence-corrected chi connectivity index (χ1v) is 15.1. The topological polar surface area (TPSA) is 151 Å². The van der Waals surface area contributed by atoms with Crippen LogP contribution in [0.15, 0.2) is 36.4 Å². The molecule has 0 spiro atoms. The average molecular weight is 589 g/mol. The third-order valence-electron chi connectivity index (χ3n) is 9.28. The second kappa shape index (κ2) is 11.8. The number of aromatic nitrogens is 2. The van der Waals surface area contributed by atoms with E-state index in [1.165, 1.54) is 0 Å². The number of urea groups is 1. The van der Waals surface area contributed by atoms with E-state index in [4.69, 9.17) is 20.4 Å². The molecule has 1 aromatic carbocycles. The third-order valence-corrected chi connectivity index (χ3v) is 9.28. The number of nitrogens with zero attached hydrogens (tertiary/aromatic N) is 5. The van der Waals surface area contributed by atoms with Crippen molar-refractivity contribution in [1.29, 1.82) is 0 Å². The minimum absolute atomic E-state index is 0.0715. The van der Waals surface area contributed by atoms with Crippen LogP contribution in [0, 0.1) is 17.8 Å². The summed E-state index contributed by atoms with van der Waals surface area (Å²) in [6.45, 7) is 2.60. The number of para-hydroxylation sites is 1. The fourth-order valence-corrected chi connectivity index (χ4v) is 6.59. The number of benzene rings is 1. The number of carbonyl (C=O) groups excluding carboxylic acids is 4. The first kappa shape index (κ1) is 28.9. The van der Waals surface area contributed by atoms with Gasteiger partial charge in [0.1, 0.15) is 11.6 Å². The molecule has 1 saturated heterocycles. The first-order valence-electron chi connectivity index (χ1n) is 15.1. The summed E-state index contributed by atoms with van der Waals surface area (Å²) in [7, 11) is 1.78. The second-order valence-electron chi connectivity index (χ2n) is 12.1. The van der Waals surface area contributed by atoms with Gasteiger partial charge in [-0.25, -0.2) is 9.78 Å². The lowest BCUT2D eigenvalue weighted by Gasteiger charge is -2.34. The fraction of sp³-hybridized carbons (Fsp3) is 0.548. The normalized spacial score (nSPS) is 30.6. The molecule has 4 aliphatic rings. The molecule has 6 rings (SSSR count). The number of hydrogen-bond donors (Lipinski definition) is 2. The SMILES string of the molecule is CN1CCCC/C=C/C2CC2([C]=O)NC(=O)C2CC(Oc3nc(N4CCN(C(N)=O)CC4)nc4ccccc34)CC2C1=O. The molecule has 3 heterocycles. The number of carbonyl (C=O) groups is 3. The van der Waals surface area contributed by atoms with Gasteiger partial charge in [0.15, 0.2) is 0 Å². The number of amides is 4. The van der Waals surface area contributed by atoms with Crippen molar-refractivity contribution in [3.05, 3.63) is 36.4 Å². The Morgan fingerprint density at radius 1 is 1.07 bits per heavy atom. The Morgan fingerprint density at radius 3 is 2.60 bits per heavy atom. The second-order valence-corrected chi connectivity index (χ2v) is 12.1. The Kier molecular flexibility index (Phi) is 7.93. The predicted molar refractivity (Wildman–Crippen MR) is 159 cm³/mol. The van der Waals surface area contributed by atoms with Crippen molar-refractivity contribution in [2.75, 3.05) is 44.7 Å². The van der Waals surface area contributed by atoms with Crippen LogP contribution in [-0.4, -0.2) is 95.3 Å². The molecular formula is C31H38N7O5. The van der Waals surface area contributed by atoms with Crippen LogP contribution in [0.3, 0.4) is 0 Å². The molecule has 2 aliphatic carbocycles. The molecule has 2 aromatic rings. The molecule has 0 bridgehead atoms. The molecule has 5 unspecified atom stereocenters. The fourth-order valence-electron chi connectivity index (χ4n) is 6.59. The maximum atomic E-state index is 13.7. The van der Waals surface area contributed by atoms with Crippen LogP contribution < -0.4 is 20.7 Å². The van der Waals surface area contributed by atoms with E-state index in [-0.39, 0.29) is 17.7 Å². The summed E-state index contributed by atoms with van der Waals surface area (Å²) in [4.78, 5) is 65.7. The zero-order valence-corrected chi connectivity index (χ0v) is 24.4. The highest BCUT2D eigenvalue weighted by molar-refractivity contribution is 5.91. The smallest absolute Gasteiger partial charge is 0.314 e. The minimum Gasteiger partial charge on any atom is -0.474 e. The number of nitrogens with two attached hydrogens (primary N) is 1. The van der Waals surface area contributed by atoms with Gasteiger partial charge in [-0.3, -0.25) is 14.4 Å². The maximum Gasteiger partial charge on any atom is 0.314 e. The van der Waals surface area contributed by atoms with Gasteiger partial charge < -0.3 is 30.5 Å². The van der Waals surface area contributed by atoms with Crippen molar-refractivity contribution in [3.63, 3.8) is 0 Å². The summed E-state index contributed by atoms with van der Waals surface area (Å²) in [5.74, 6) is -0.821. The molecule has 12 nitrogen and oxygen atoms in total. The molecule has 4 amide bonds. The number of allylic oxidation sites excluding steroid dienone is 1. The Balaban J connectivity index is 1.25. The van der Waals surface area contributed by atoms with Crippen LogP contribution in [-0.2, 0) is 14.4 Å². The summed E-state index contributed by atoms with van der Waals surface area (Å²) in [5, 5.41) is 3.68. The molecular weight excluding hydrogens is 550 g/mol. The number of ether oxygens (including phenoxy) is 1. The van der Waals surface area contributed by atoms with Crippen molar-refractivity contribution in [3.8, 4) is 5.88 Å². The summed E-state index contributed by atoms with van der Waals surface area (Å²) in [5.41, 5.74) is 5.14. The molecule has 3 N–H and O–H groups in total. The molecule has 227 valence electrons. The highest BCUT2D eigenvalue weighted by Gasteiger charge is 2.57. The number of primary amides is 1. The lowest BCUT2D eigenvalue weighted by molar-refractivity contribution is -0.140. The first-order chi connectivity index (χ1) is 20.8. The van der Waals surface area contributed by atoms with Gasteiger partial charge in [-0.2, -0.15) is 4.98 Å². The van der Waals surface area contributed by atoms with Crippen LogP contribution >= 0.6 is 0 Å². The largest absolute Gasteiger partial charge is 0.474 e. The van der Waals surface area contributed by atoms with E-state index in [1.807, 2.05) is 35.2 Å². The Morgan fingerprint density at radius 2 is 1.84 bits per heavy atom. The van der Waals surface area contributed by atoms with E-state index in [1.54, 1.807) is 16.8 Å². The standard InChI is InChI=1S/C31H38N7O5/c1-36-11-7-3-2-4-8-20-18-31(20,19-39)35-26(40)23-16-21(17-24(23)28(36)41)43-27-22-9-5-6-10-25(22)33-30(34-27)38-14-12-37(13-15-38)29(32)42/h4-6,8-10,20-21,23-24H,2-3,7,11-18H2,1H3,(H2,32,42)(H,35,40)/b8-4+. The predicted octanol–water partition coefficient (Wildman–Crippen LogP) is 1.79. The number of hydrogen-bond acceptors (Lipinski definition) is 8. The monoisotopic (exact) mass is 588 g/mol. The average Bonchev–Trinajstić information content (AvgIpc) is 3.53. The number of rotatable bonds is 4. The van der Waals surface area contributed by atoms with Gasteiger partial charge in [-0.1, -0.05) is 24.3 Å². The molecule has 2 saturated carbocycles. The van der Waals surface area contributed by atoms with Crippen LogP contribution in [0.2, 0.25) is 0 Å². The quantitative estimate of drug-likeness (QED) is 0.513.